The first-order valence-electron chi connectivity index (χ1n) is 3.89. The topological polar surface area (TPSA) is 0 Å². The summed E-state index contributed by atoms with van der Waals surface area (Å²) in [6.07, 6.45) is 0. The zero-order valence-corrected chi connectivity index (χ0v) is 12.8. The maximum Gasteiger partial charge on any atom is 0.0741 e. The van der Waals surface area contributed by atoms with E-state index in [1.165, 1.54) is 6.91 Å². The van der Waals surface area contributed by atoms with E-state index in [-0.39, 0.29) is 0 Å². The Morgan fingerprint density at radius 1 is 0.909 bits per heavy atom. The molecule has 0 radical (unpaired) electrons. The minimum absolute atomic E-state index is 1.00. The molecule has 4 heteroatoms. The summed E-state index contributed by atoms with van der Waals surface area (Å²) in [6.45, 7) is 16.0. The highest BCUT2D eigenvalue weighted by atomic mass is 79.9. The van der Waals surface area contributed by atoms with E-state index in [2.05, 4.69) is 54.8 Å². The smallest absolute Gasteiger partial charge is 0.0659 e. The van der Waals surface area contributed by atoms with Crippen LogP contribution in [0.3, 0.4) is 0 Å². The van der Waals surface area contributed by atoms with Gasteiger partial charge in [0.2, 0.25) is 0 Å². The molecule has 0 aliphatic heterocycles. The number of hydrogen-bond acceptors (Lipinski definition) is 0. The monoisotopic (exact) mass is 268 g/mol. The van der Waals surface area contributed by atoms with E-state index < -0.39 is 16.1 Å². The molecule has 0 nitrogen and oxygen atoms in total. The van der Waals surface area contributed by atoms with Crippen LogP contribution in [0.15, 0.2) is 0 Å². The minimum Gasteiger partial charge on any atom is -0.0659 e. The molecular formula is C7H18BrPSi2. The van der Waals surface area contributed by atoms with E-state index in [1.54, 1.807) is 0 Å². The van der Waals surface area contributed by atoms with Crippen molar-refractivity contribution in [2.45, 2.75) is 39.3 Å². The quantitative estimate of drug-likeness (QED) is 0.521. The summed E-state index contributed by atoms with van der Waals surface area (Å²) in [6, 6.07) is 0. The van der Waals surface area contributed by atoms with Crippen LogP contribution >= 0.6 is 22.4 Å². The van der Waals surface area contributed by atoms with Gasteiger partial charge >= 0.3 is 0 Å². The van der Waals surface area contributed by atoms with Crippen molar-refractivity contribution in [2.75, 3.05) is 0 Å². The molecule has 0 amide bonds. The lowest BCUT2D eigenvalue weighted by atomic mass is 11.7. The molecule has 0 rings (SSSR count). The maximum atomic E-state index is 3.59. The van der Waals surface area contributed by atoms with Crippen LogP contribution in [0.25, 0.3) is 0 Å². The molecule has 0 fully saturated rings. The molecule has 0 spiro atoms. The second-order valence-electron chi connectivity index (χ2n) is 4.93. The summed E-state index contributed by atoms with van der Waals surface area (Å²) < 4.78 is 1.82. The van der Waals surface area contributed by atoms with Crippen molar-refractivity contribution in [1.29, 1.82) is 0 Å². The summed E-state index contributed by atoms with van der Waals surface area (Å²) in [4.78, 5) is 0. The third-order valence-electron chi connectivity index (χ3n) is 1.51. The molecule has 0 saturated carbocycles. The van der Waals surface area contributed by atoms with Gasteiger partial charge < -0.3 is 0 Å². The van der Waals surface area contributed by atoms with Crippen molar-refractivity contribution in [2.24, 2.45) is 0 Å². The van der Waals surface area contributed by atoms with E-state index in [0.29, 0.717) is 0 Å². The third-order valence-corrected chi connectivity index (χ3v) is 16.7. The van der Waals surface area contributed by atoms with Gasteiger partial charge in [-0.05, 0) is 22.4 Å². The predicted molar refractivity (Wildman–Crippen MR) is 67.5 cm³/mol. The van der Waals surface area contributed by atoms with Crippen LogP contribution < -0.4 is 0 Å². The molecule has 0 bridgehead atoms. The van der Waals surface area contributed by atoms with Gasteiger partial charge in [0.15, 0.2) is 0 Å². The molecule has 11 heavy (non-hydrogen) atoms. The third kappa shape index (κ3) is 4.02. The number of hydrogen-bond donors (Lipinski definition) is 0. The Morgan fingerprint density at radius 2 is 1.18 bits per heavy atom. The summed E-state index contributed by atoms with van der Waals surface area (Å²) in [7, 11) is -2.01. The SMILES string of the molecule is C[Si](C)(C)C(=PBr)[Si](C)(C)C. The van der Waals surface area contributed by atoms with E-state index in [9.17, 15) is 0 Å². The largest absolute Gasteiger partial charge is 0.0741 e. The highest BCUT2D eigenvalue weighted by Crippen LogP contribution is 2.25. The zero-order valence-electron chi connectivity index (χ0n) is 8.33. The Bertz CT molecular complexity index is 148. The summed E-state index contributed by atoms with van der Waals surface area (Å²) in [5.41, 5.74) is 0. The fourth-order valence-electron chi connectivity index (χ4n) is 1.38. The van der Waals surface area contributed by atoms with Gasteiger partial charge in [0.25, 0.3) is 0 Å². The van der Waals surface area contributed by atoms with Gasteiger partial charge in [0.05, 0.1) is 16.1 Å². The molecule has 0 aromatic rings. The highest BCUT2D eigenvalue weighted by molar-refractivity contribution is 9.36. The van der Waals surface area contributed by atoms with Crippen LogP contribution in [0.4, 0.5) is 0 Å². The van der Waals surface area contributed by atoms with Crippen LogP contribution in [0.1, 0.15) is 0 Å². The Balaban J connectivity index is 4.74. The molecule has 0 heterocycles. The normalized spacial score (nSPS) is 13.7. The molecule has 66 valence electrons. The van der Waals surface area contributed by atoms with Gasteiger partial charge in [-0.25, -0.2) is 0 Å². The maximum absolute atomic E-state index is 3.59. The molecule has 0 aromatic carbocycles. The van der Waals surface area contributed by atoms with Gasteiger partial charge in [-0.1, -0.05) is 43.8 Å². The van der Waals surface area contributed by atoms with Gasteiger partial charge in [0, 0.05) is 0 Å². The zero-order chi connectivity index (χ0) is 9.28. The molecular weight excluding hydrogens is 251 g/mol. The Morgan fingerprint density at radius 3 is 1.18 bits per heavy atom. The molecule has 0 N–H and O–H groups in total. The Kier molecular flexibility index (Phi) is 4.24. The summed E-state index contributed by atoms with van der Waals surface area (Å²) in [5, 5.41) is 0. The molecule has 0 aliphatic carbocycles. The van der Waals surface area contributed by atoms with E-state index in [0.717, 1.165) is 0 Å². The van der Waals surface area contributed by atoms with Gasteiger partial charge in [-0.2, -0.15) is 0 Å². The van der Waals surface area contributed by atoms with Crippen LogP contribution in [-0.2, 0) is 0 Å². The first kappa shape index (κ1) is 12.1. The van der Waals surface area contributed by atoms with Crippen LogP contribution in [0, 0.1) is 0 Å². The van der Waals surface area contributed by atoms with Crippen molar-refractivity contribution in [1.82, 2.24) is 0 Å². The lowest BCUT2D eigenvalue weighted by molar-refractivity contribution is 1.79. The van der Waals surface area contributed by atoms with Crippen molar-refractivity contribution in [3.05, 3.63) is 0 Å². The minimum atomic E-state index is -1.00. The van der Waals surface area contributed by atoms with Crippen molar-refractivity contribution >= 4 is 43.1 Å². The number of rotatable bonds is 2. The first-order valence-corrected chi connectivity index (χ1v) is 13.8. The first-order chi connectivity index (χ1) is 4.69. The molecule has 0 unspecified atom stereocenters. The molecule has 0 aromatic heterocycles. The van der Waals surface area contributed by atoms with Crippen molar-refractivity contribution in [3.8, 4) is 0 Å². The molecule has 0 aliphatic rings. The highest BCUT2D eigenvalue weighted by Gasteiger charge is 2.30. The Labute approximate surface area is 82.3 Å². The van der Waals surface area contributed by atoms with Crippen molar-refractivity contribution < 1.29 is 0 Å². The average molecular weight is 269 g/mol. The fraction of sp³-hybridized carbons (Fsp3) is 0.857. The summed E-state index contributed by atoms with van der Waals surface area (Å²) in [5.74, 6) is 0. The standard InChI is InChI=1S/C7H18BrPSi2/c1-10(2,3)7(9-8)11(4,5)6/h1-6H3. The van der Waals surface area contributed by atoms with Gasteiger partial charge in [-0.15, -0.1) is 0 Å². The lowest BCUT2D eigenvalue weighted by Gasteiger charge is -2.29. The summed E-state index contributed by atoms with van der Waals surface area (Å²) >= 11 is 3.59. The molecule has 0 atom stereocenters. The van der Waals surface area contributed by atoms with Crippen LogP contribution in [0.2, 0.25) is 39.3 Å². The average Bonchev–Trinajstić information content (AvgIpc) is 1.56. The second kappa shape index (κ2) is 3.86. The van der Waals surface area contributed by atoms with E-state index >= 15 is 0 Å². The van der Waals surface area contributed by atoms with Crippen LogP contribution in [0.5, 0.6) is 0 Å². The predicted octanol–water partition coefficient (Wildman–Crippen LogP) is 4.17. The lowest BCUT2D eigenvalue weighted by Crippen LogP contribution is -2.48. The fourth-order valence-corrected chi connectivity index (χ4v) is 22.0. The van der Waals surface area contributed by atoms with Gasteiger partial charge in [-0.3, -0.25) is 0 Å². The van der Waals surface area contributed by atoms with Crippen molar-refractivity contribution in [3.63, 3.8) is 0 Å². The van der Waals surface area contributed by atoms with E-state index in [1.807, 2.05) is 4.54 Å². The second-order valence-corrected chi connectivity index (χ2v) is 18.0. The van der Waals surface area contributed by atoms with Gasteiger partial charge in [0.1, 0.15) is 0 Å². The van der Waals surface area contributed by atoms with Crippen LogP contribution in [-0.4, -0.2) is 20.7 Å². The number of halogens is 1. The van der Waals surface area contributed by atoms with E-state index in [4.69, 9.17) is 0 Å². The Hall–Kier alpha value is 1.08. The molecule has 0 saturated heterocycles.